The smallest absolute Gasteiger partial charge is 0.244 e. The molecule has 28 heavy (non-hydrogen) atoms. The molecule has 4 heterocycles. The Morgan fingerprint density at radius 2 is 2.07 bits per heavy atom. The molecule has 0 amide bonds. The summed E-state index contributed by atoms with van der Waals surface area (Å²) in [5.41, 5.74) is 1.94. The number of rotatable bonds is 8. The molecule has 146 valence electrons. The van der Waals surface area contributed by atoms with Gasteiger partial charge < -0.3 is 14.0 Å². The minimum absolute atomic E-state index is 0.115. The van der Waals surface area contributed by atoms with E-state index < -0.39 is 0 Å². The molecule has 0 aromatic carbocycles. The highest BCUT2D eigenvalue weighted by molar-refractivity contribution is 5.60. The van der Waals surface area contributed by atoms with Gasteiger partial charge in [0.05, 0.1) is 18.2 Å². The first-order chi connectivity index (χ1) is 13.8. The van der Waals surface area contributed by atoms with Crippen LogP contribution < -0.4 is 4.74 Å². The Kier molecular flexibility index (Phi) is 5.89. The van der Waals surface area contributed by atoms with E-state index in [2.05, 4.69) is 25.0 Å². The first-order valence-corrected chi connectivity index (χ1v) is 9.39. The molecule has 0 bridgehead atoms. The molecule has 0 saturated carbocycles. The van der Waals surface area contributed by atoms with Crippen molar-refractivity contribution in [2.45, 2.75) is 25.4 Å². The highest BCUT2D eigenvalue weighted by Crippen LogP contribution is 2.34. The topological polar surface area (TPSA) is 86.4 Å². The van der Waals surface area contributed by atoms with Crippen molar-refractivity contribution in [3.8, 4) is 17.3 Å². The molecule has 1 atom stereocenters. The van der Waals surface area contributed by atoms with Crippen LogP contribution >= 0.6 is 0 Å². The lowest BCUT2D eigenvalue weighted by Crippen LogP contribution is -2.23. The second-order valence-electron chi connectivity index (χ2n) is 6.64. The van der Waals surface area contributed by atoms with Crippen molar-refractivity contribution in [2.24, 2.45) is 0 Å². The molecule has 0 N–H and O–H groups in total. The van der Waals surface area contributed by atoms with Crippen molar-refractivity contribution in [3.63, 3.8) is 0 Å². The van der Waals surface area contributed by atoms with Crippen LogP contribution in [-0.2, 0) is 11.3 Å². The second kappa shape index (κ2) is 8.90. The van der Waals surface area contributed by atoms with Gasteiger partial charge in [-0.3, -0.25) is 9.88 Å². The Bertz CT molecular complexity index is 886. The summed E-state index contributed by atoms with van der Waals surface area (Å²) < 4.78 is 16.4. The van der Waals surface area contributed by atoms with Gasteiger partial charge in [0.15, 0.2) is 0 Å². The lowest BCUT2D eigenvalue weighted by Gasteiger charge is -2.21. The Morgan fingerprint density at radius 1 is 1.18 bits per heavy atom. The SMILES string of the molecule is COCCOc1ncccc1-c1noc([C@H]2CCCN2Cc2ccncc2)n1. The molecule has 0 spiro atoms. The van der Waals surface area contributed by atoms with Gasteiger partial charge in [0.1, 0.15) is 6.61 Å². The summed E-state index contributed by atoms with van der Waals surface area (Å²) in [6.07, 6.45) is 7.42. The van der Waals surface area contributed by atoms with Crippen molar-refractivity contribution < 1.29 is 14.0 Å². The van der Waals surface area contributed by atoms with Gasteiger partial charge in [0.2, 0.25) is 17.6 Å². The number of ether oxygens (including phenoxy) is 2. The van der Waals surface area contributed by atoms with Gasteiger partial charge >= 0.3 is 0 Å². The highest BCUT2D eigenvalue weighted by atomic mass is 16.5. The van der Waals surface area contributed by atoms with Gasteiger partial charge in [-0.1, -0.05) is 5.16 Å². The second-order valence-corrected chi connectivity index (χ2v) is 6.64. The fourth-order valence-electron chi connectivity index (χ4n) is 3.40. The number of hydrogen-bond acceptors (Lipinski definition) is 8. The molecule has 0 radical (unpaired) electrons. The molecule has 1 fully saturated rings. The first kappa shape index (κ1) is 18.5. The summed E-state index contributed by atoms with van der Waals surface area (Å²) in [6.45, 7) is 2.74. The first-order valence-electron chi connectivity index (χ1n) is 9.39. The summed E-state index contributed by atoms with van der Waals surface area (Å²) in [5, 5.41) is 4.19. The van der Waals surface area contributed by atoms with Gasteiger partial charge in [-0.05, 0) is 49.2 Å². The van der Waals surface area contributed by atoms with E-state index in [4.69, 9.17) is 14.0 Å². The van der Waals surface area contributed by atoms with Crippen LogP contribution in [0.15, 0.2) is 47.4 Å². The van der Waals surface area contributed by atoms with Crippen LogP contribution in [0.1, 0.15) is 30.3 Å². The largest absolute Gasteiger partial charge is 0.475 e. The van der Waals surface area contributed by atoms with E-state index in [1.807, 2.05) is 36.7 Å². The van der Waals surface area contributed by atoms with Crippen LogP contribution in [0.4, 0.5) is 0 Å². The average Bonchev–Trinajstić information content (AvgIpc) is 3.39. The van der Waals surface area contributed by atoms with Crippen molar-refractivity contribution in [3.05, 3.63) is 54.3 Å². The Morgan fingerprint density at radius 3 is 2.93 bits per heavy atom. The zero-order valence-electron chi connectivity index (χ0n) is 15.8. The third-order valence-corrected chi connectivity index (χ3v) is 4.76. The van der Waals surface area contributed by atoms with E-state index in [0.29, 0.717) is 36.4 Å². The van der Waals surface area contributed by atoms with Crippen LogP contribution in [0, 0.1) is 0 Å². The van der Waals surface area contributed by atoms with E-state index >= 15 is 0 Å². The Labute approximate surface area is 163 Å². The molecule has 8 heteroatoms. The molecular weight excluding hydrogens is 358 g/mol. The lowest BCUT2D eigenvalue weighted by molar-refractivity contribution is 0.144. The van der Waals surface area contributed by atoms with E-state index in [1.165, 1.54) is 5.56 Å². The number of methoxy groups -OCH3 is 1. The zero-order chi connectivity index (χ0) is 19.2. The molecule has 3 aromatic rings. The summed E-state index contributed by atoms with van der Waals surface area (Å²) in [5.74, 6) is 1.60. The third-order valence-electron chi connectivity index (χ3n) is 4.76. The van der Waals surface area contributed by atoms with E-state index in [-0.39, 0.29) is 6.04 Å². The molecule has 1 aliphatic heterocycles. The van der Waals surface area contributed by atoms with Gasteiger partial charge in [-0.2, -0.15) is 4.98 Å². The fraction of sp³-hybridized carbons (Fsp3) is 0.400. The van der Waals surface area contributed by atoms with Gasteiger partial charge in [0, 0.05) is 32.2 Å². The molecule has 0 aliphatic carbocycles. The maximum absolute atomic E-state index is 5.69. The highest BCUT2D eigenvalue weighted by Gasteiger charge is 2.31. The average molecular weight is 381 g/mol. The van der Waals surface area contributed by atoms with E-state index in [0.717, 1.165) is 25.9 Å². The normalized spacial score (nSPS) is 17.1. The maximum Gasteiger partial charge on any atom is 0.244 e. The van der Waals surface area contributed by atoms with Crippen molar-refractivity contribution >= 4 is 0 Å². The standard InChI is InChI=1S/C20H23N5O3/c1-26-12-13-27-19-16(4-2-8-22-19)18-23-20(28-24-18)17-5-3-11-25(17)14-15-6-9-21-10-7-15/h2,4,6-10,17H,3,5,11-14H2,1H3/t17-/m1/s1. The number of nitrogens with zero attached hydrogens (tertiary/aromatic N) is 5. The predicted molar refractivity (Wildman–Crippen MR) is 102 cm³/mol. The predicted octanol–water partition coefficient (Wildman–Crippen LogP) is 2.89. The monoisotopic (exact) mass is 381 g/mol. The minimum Gasteiger partial charge on any atom is -0.475 e. The van der Waals surface area contributed by atoms with Crippen LogP contribution in [0.25, 0.3) is 11.4 Å². The van der Waals surface area contributed by atoms with E-state index in [1.54, 1.807) is 13.3 Å². The van der Waals surface area contributed by atoms with Gasteiger partial charge in [-0.25, -0.2) is 4.98 Å². The maximum atomic E-state index is 5.69. The van der Waals surface area contributed by atoms with Crippen LogP contribution in [0.3, 0.4) is 0 Å². The molecule has 4 rings (SSSR count). The van der Waals surface area contributed by atoms with Gasteiger partial charge in [-0.15, -0.1) is 0 Å². The molecule has 3 aromatic heterocycles. The Hall–Kier alpha value is -2.84. The summed E-state index contributed by atoms with van der Waals surface area (Å²) in [4.78, 5) is 15.4. The molecular formula is C20H23N5O3. The third kappa shape index (κ3) is 4.18. The summed E-state index contributed by atoms with van der Waals surface area (Å²) in [7, 11) is 1.63. The summed E-state index contributed by atoms with van der Waals surface area (Å²) in [6, 6.07) is 7.90. The van der Waals surface area contributed by atoms with Crippen molar-refractivity contribution in [2.75, 3.05) is 26.9 Å². The minimum atomic E-state index is 0.115. The molecule has 1 saturated heterocycles. The van der Waals surface area contributed by atoms with Crippen molar-refractivity contribution in [1.82, 2.24) is 25.0 Å². The quantitative estimate of drug-likeness (QED) is 0.551. The number of likely N-dealkylation sites (tertiary alicyclic amines) is 1. The molecule has 8 nitrogen and oxygen atoms in total. The molecule has 0 unspecified atom stereocenters. The molecule has 1 aliphatic rings. The number of pyridine rings is 2. The number of hydrogen-bond donors (Lipinski definition) is 0. The Balaban J connectivity index is 1.51. The zero-order valence-corrected chi connectivity index (χ0v) is 15.8. The van der Waals surface area contributed by atoms with Crippen LogP contribution in [-0.4, -0.2) is 51.9 Å². The van der Waals surface area contributed by atoms with Crippen molar-refractivity contribution in [1.29, 1.82) is 0 Å². The fourth-order valence-corrected chi connectivity index (χ4v) is 3.40. The summed E-state index contributed by atoms with van der Waals surface area (Å²) >= 11 is 0. The number of aromatic nitrogens is 4. The van der Waals surface area contributed by atoms with Crippen LogP contribution in [0.2, 0.25) is 0 Å². The van der Waals surface area contributed by atoms with E-state index in [9.17, 15) is 0 Å². The van der Waals surface area contributed by atoms with Crippen LogP contribution in [0.5, 0.6) is 5.88 Å². The van der Waals surface area contributed by atoms with Gasteiger partial charge in [0.25, 0.3) is 0 Å². The lowest BCUT2D eigenvalue weighted by atomic mass is 10.2.